The van der Waals surface area contributed by atoms with E-state index in [9.17, 15) is 0 Å². The first kappa shape index (κ1) is 22.1. The molecular formula is C40H22O2. The van der Waals surface area contributed by atoms with Crippen molar-refractivity contribution in [2.75, 3.05) is 0 Å². The SMILES string of the molecule is c1ccc2c(c1)oc1c(-c3ccc4ccc5c(-c6cccc7c6oc6ccccc67)ccc6ccc3c4c65)cccc12. The van der Waals surface area contributed by atoms with Gasteiger partial charge < -0.3 is 8.83 Å². The maximum Gasteiger partial charge on any atom is 0.143 e. The van der Waals surface area contributed by atoms with E-state index in [0.717, 1.165) is 55.0 Å². The first-order valence-corrected chi connectivity index (χ1v) is 14.4. The second-order valence-corrected chi connectivity index (χ2v) is 11.2. The first-order valence-electron chi connectivity index (χ1n) is 14.4. The Labute approximate surface area is 240 Å². The van der Waals surface area contributed by atoms with Crippen LogP contribution in [0.2, 0.25) is 0 Å². The van der Waals surface area contributed by atoms with E-state index in [1.165, 1.54) is 43.4 Å². The van der Waals surface area contributed by atoms with Gasteiger partial charge in [-0.25, -0.2) is 0 Å². The third kappa shape index (κ3) is 2.83. The van der Waals surface area contributed by atoms with Gasteiger partial charge in [-0.2, -0.15) is 0 Å². The van der Waals surface area contributed by atoms with Crippen molar-refractivity contribution in [3.63, 3.8) is 0 Å². The summed E-state index contributed by atoms with van der Waals surface area (Å²) in [4.78, 5) is 0. The predicted molar refractivity (Wildman–Crippen MR) is 176 cm³/mol. The molecule has 10 rings (SSSR count). The molecule has 42 heavy (non-hydrogen) atoms. The van der Waals surface area contributed by atoms with E-state index in [-0.39, 0.29) is 0 Å². The van der Waals surface area contributed by atoms with Gasteiger partial charge in [-0.15, -0.1) is 0 Å². The van der Waals surface area contributed by atoms with Gasteiger partial charge in [-0.1, -0.05) is 121 Å². The van der Waals surface area contributed by atoms with Crippen LogP contribution in [0.15, 0.2) is 142 Å². The predicted octanol–water partition coefficient (Wildman–Crippen LogP) is 11.7. The van der Waals surface area contributed by atoms with Crippen LogP contribution < -0.4 is 0 Å². The molecule has 8 aromatic carbocycles. The molecule has 194 valence electrons. The van der Waals surface area contributed by atoms with Gasteiger partial charge in [0.2, 0.25) is 0 Å². The van der Waals surface area contributed by atoms with Crippen LogP contribution in [0.25, 0.3) is 98.4 Å². The summed E-state index contributed by atoms with van der Waals surface area (Å²) in [5.74, 6) is 0. The van der Waals surface area contributed by atoms with E-state index >= 15 is 0 Å². The molecule has 10 aromatic rings. The highest BCUT2D eigenvalue weighted by molar-refractivity contribution is 6.29. The van der Waals surface area contributed by atoms with Gasteiger partial charge in [0.15, 0.2) is 0 Å². The summed E-state index contributed by atoms with van der Waals surface area (Å²) in [6.45, 7) is 0. The maximum absolute atomic E-state index is 6.46. The summed E-state index contributed by atoms with van der Waals surface area (Å²) < 4.78 is 12.9. The Morgan fingerprint density at radius 2 is 0.714 bits per heavy atom. The number of hydrogen-bond donors (Lipinski definition) is 0. The average Bonchev–Trinajstić information content (AvgIpc) is 3.62. The molecule has 0 atom stereocenters. The Bertz CT molecular complexity index is 2500. The molecule has 0 bridgehead atoms. The molecule has 0 aliphatic heterocycles. The van der Waals surface area contributed by atoms with Crippen LogP contribution in [-0.4, -0.2) is 0 Å². The van der Waals surface area contributed by atoms with E-state index in [1.807, 2.05) is 24.3 Å². The molecule has 2 aromatic heterocycles. The molecule has 0 saturated carbocycles. The monoisotopic (exact) mass is 534 g/mol. The van der Waals surface area contributed by atoms with Gasteiger partial charge in [-0.3, -0.25) is 0 Å². The zero-order valence-electron chi connectivity index (χ0n) is 22.5. The van der Waals surface area contributed by atoms with Gasteiger partial charge >= 0.3 is 0 Å². The summed E-state index contributed by atoms with van der Waals surface area (Å²) in [6, 6.07) is 47.6. The maximum atomic E-state index is 6.46. The molecule has 2 heteroatoms. The van der Waals surface area contributed by atoms with Crippen molar-refractivity contribution in [1.29, 1.82) is 0 Å². The smallest absolute Gasteiger partial charge is 0.143 e. The van der Waals surface area contributed by atoms with E-state index in [1.54, 1.807) is 0 Å². The normalized spacial score (nSPS) is 12.3. The Balaban J connectivity index is 1.29. The van der Waals surface area contributed by atoms with Crippen molar-refractivity contribution in [2.24, 2.45) is 0 Å². The Morgan fingerprint density at radius 1 is 0.286 bits per heavy atom. The lowest BCUT2D eigenvalue weighted by Gasteiger charge is -2.16. The second kappa shape index (κ2) is 7.99. The molecule has 0 fully saturated rings. The molecule has 0 radical (unpaired) electrons. The average molecular weight is 535 g/mol. The number of rotatable bonds is 2. The van der Waals surface area contributed by atoms with Crippen LogP contribution in [0.3, 0.4) is 0 Å². The number of hydrogen-bond acceptors (Lipinski definition) is 2. The van der Waals surface area contributed by atoms with Crippen molar-refractivity contribution in [1.82, 2.24) is 0 Å². The highest BCUT2D eigenvalue weighted by Gasteiger charge is 2.19. The van der Waals surface area contributed by atoms with Crippen LogP contribution in [0.5, 0.6) is 0 Å². The second-order valence-electron chi connectivity index (χ2n) is 11.2. The van der Waals surface area contributed by atoms with E-state index in [4.69, 9.17) is 8.83 Å². The topological polar surface area (TPSA) is 26.3 Å². The van der Waals surface area contributed by atoms with Gasteiger partial charge in [0.25, 0.3) is 0 Å². The summed E-state index contributed by atoms with van der Waals surface area (Å²) in [5.41, 5.74) is 8.32. The minimum atomic E-state index is 0.919. The molecule has 0 aliphatic carbocycles. The summed E-state index contributed by atoms with van der Waals surface area (Å²) >= 11 is 0. The fraction of sp³-hybridized carbons (Fsp3) is 0. The van der Waals surface area contributed by atoms with Crippen molar-refractivity contribution in [2.45, 2.75) is 0 Å². The van der Waals surface area contributed by atoms with E-state index < -0.39 is 0 Å². The first-order chi connectivity index (χ1) is 20.8. The molecular weight excluding hydrogens is 512 g/mol. The summed E-state index contributed by atoms with van der Waals surface area (Å²) in [5, 5.41) is 12.1. The molecule has 2 heterocycles. The molecule has 0 saturated heterocycles. The molecule has 0 N–H and O–H groups in total. The third-order valence-electron chi connectivity index (χ3n) is 9.05. The van der Waals surface area contributed by atoms with Crippen LogP contribution in [-0.2, 0) is 0 Å². The van der Waals surface area contributed by atoms with Crippen molar-refractivity contribution >= 4 is 76.2 Å². The minimum absolute atomic E-state index is 0.919. The van der Waals surface area contributed by atoms with Crippen molar-refractivity contribution < 1.29 is 8.83 Å². The minimum Gasteiger partial charge on any atom is -0.455 e. The Kier molecular flexibility index (Phi) is 4.21. The number of benzene rings is 8. The van der Waals surface area contributed by atoms with Crippen molar-refractivity contribution in [3.8, 4) is 22.3 Å². The highest BCUT2D eigenvalue weighted by atomic mass is 16.3. The number of para-hydroxylation sites is 4. The lowest BCUT2D eigenvalue weighted by Crippen LogP contribution is -1.90. The number of fused-ring (bicyclic) bond motifs is 6. The van der Waals surface area contributed by atoms with Gasteiger partial charge in [0, 0.05) is 32.7 Å². The van der Waals surface area contributed by atoms with Crippen LogP contribution in [0, 0.1) is 0 Å². The molecule has 0 unspecified atom stereocenters. The van der Waals surface area contributed by atoms with E-state index in [2.05, 4.69) is 109 Å². The highest BCUT2D eigenvalue weighted by Crippen LogP contribution is 2.45. The van der Waals surface area contributed by atoms with Gasteiger partial charge in [0.05, 0.1) is 0 Å². The zero-order chi connectivity index (χ0) is 27.4. The Morgan fingerprint density at radius 3 is 1.21 bits per heavy atom. The van der Waals surface area contributed by atoms with Crippen LogP contribution in [0.4, 0.5) is 0 Å². The fourth-order valence-corrected chi connectivity index (χ4v) is 7.19. The quantitative estimate of drug-likeness (QED) is 0.206. The van der Waals surface area contributed by atoms with Gasteiger partial charge in [-0.05, 0) is 55.6 Å². The van der Waals surface area contributed by atoms with Gasteiger partial charge in [0.1, 0.15) is 22.3 Å². The van der Waals surface area contributed by atoms with Crippen LogP contribution >= 0.6 is 0 Å². The largest absolute Gasteiger partial charge is 0.455 e. The summed E-state index contributed by atoms with van der Waals surface area (Å²) in [7, 11) is 0. The molecule has 2 nitrogen and oxygen atoms in total. The summed E-state index contributed by atoms with van der Waals surface area (Å²) in [6.07, 6.45) is 0. The van der Waals surface area contributed by atoms with Crippen molar-refractivity contribution in [3.05, 3.63) is 133 Å². The molecule has 0 aliphatic rings. The van der Waals surface area contributed by atoms with Crippen LogP contribution in [0.1, 0.15) is 0 Å². The lowest BCUT2D eigenvalue weighted by atomic mass is 9.87. The lowest BCUT2D eigenvalue weighted by molar-refractivity contribution is 0.669. The standard InChI is InChI=1S/C40H22O2/c1-3-13-35-27(7-1)33-11-5-9-31(39(33)41-35)25-19-15-23-18-22-30-26(20-16-24-17-21-29(25)37(23)38(24)30)32-10-6-12-34-28-8-2-4-14-36(28)42-40(32)34/h1-22H. The molecule has 0 spiro atoms. The number of furan rings is 2. The Hall–Kier alpha value is -5.60. The molecule has 0 amide bonds. The van der Waals surface area contributed by atoms with E-state index in [0.29, 0.717) is 0 Å². The third-order valence-corrected chi connectivity index (χ3v) is 9.05. The zero-order valence-corrected chi connectivity index (χ0v) is 22.5. The fourth-order valence-electron chi connectivity index (χ4n) is 7.19.